The van der Waals surface area contributed by atoms with Gasteiger partial charge in [0.15, 0.2) is 0 Å². The van der Waals surface area contributed by atoms with Gasteiger partial charge in [0.1, 0.15) is 0 Å². The van der Waals surface area contributed by atoms with Crippen molar-refractivity contribution in [3.8, 4) is 0 Å². The van der Waals surface area contributed by atoms with Crippen LogP contribution in [0.1, 0.15) is 16.0 Å². The standard InChI is InChI=1S/C13H11BrF3NS/c14-11-4-5-19-12(11)8-18-7-9-2-1-3-10(6-9)13(15,16)17/h1-6,18H,7-8H2. The largest absolute Gasteiger partial charge is 0.416 e. The van der Waals surface area contributed by atoms with E-state index in [-0.39, 0.29) is 0 Å². The molecule has 0 radical (unpaired) electrons. The van der Waals surface area contributed by atoms with Crippen LogP contribution in [0.3, 0.4) is 0 Å². The lowest BCUT2D eigenvalue weighted by Crippen LogP contribution is -2.13. The maximum atomic E-state index is 12.5. The van der Waals surface area contributed by atoms with Gasteiger partial charge in [-0.2, -0.15) is 13.2 Å². The van der Waals surface area contributed by atoms with Gasteiger partial charge in [-0.1, -0.05) is 18.2 Å². The van der Waals surface area contributed by atoms with Crippen molar-refractivity contribution in [1.29, 1.82) is 0 Å². The predicted molar refractivity (Wildman–Crippen MR) is 74.0 cm³/mol. The zero-order valence-electron chi connectivity index (χ0n) is 9.80. The smallest absolute Gasteiger partial charge is 0.308 e. The van der Waals surface area contributed by atoms with Crippen molar-refractivity contribution in [3.05, 3.63) is 56.2 Å². The molecule has 0 spiro atoms. The molecule has 0 fully saturated rings. The van der Waals surface area contributed by atoms with E-state index in [4.69, 9.17) is 0 Å². The third kappa shape index (κ3) is 4.06. The summed E-state index contributed by atoms with van der Waals surface area (Å²) >= 11 is 5.01. The van der Waals surface area contributed by atoms with Gasteiger partial charge in [0.05, 0.1) is 5.56 Å². The number of benzene rings is 1. The maximum absolute atomic E-state index is 12.5. The summed E-state index contributed by atoms with van der Waals surface area (Å²) in [5, 5.41) is 5.10. The molecule has 0 bridgehead atoms. The SMILES string of the molecule is FC(F)(F)c1cccc(CNCc2sccc2Br)c1. The minimum atomic E-state index is -4.28. The monoisotopic (exact) mass is 349 g/mol. The molecular formula is C13H11BrF3NS. The zero-order chi connectivity index (χ0) is 13.9. The second kappa shape index (κ2) is 6.07. The van der Waals surface area contributed by atoms with E-state index in [9.17, 15) is 13.2 Å². The molecule has 1 nitrogen and oxygen atoms in total. The Balaban J connectivity index is 1.95. The molecule has 0 saturated carbocycles. The second-order valence-corrected chi connectivity index (χ2v) is 5.85. The van der Waals surface area contributed by atoms with Crippen LogP contribution in [-0.4, -0.2) is 0 Å². The van der Waals surface area contributed by atoms with Crippen molar-refractivity contribution >= 4 is 27.3 Å². The lowest BCUT2D eigenvalue weighted by Gasteiger charge is -2.09. The molecule has 19 heavy (non-hydrogen) atoms. The molecule has 0 amide bonds. The van der Waals surface area contributed by atoms with Crippen LogP contribution in [0.15, 0.2) is 40.2 Å². The predicted octanol–water partition coefficient (Wildman–Crippen LogP) is 4.82. The summed E-state index contributed by atoms with van der Waals surface area (Å²) in [5.74, 6) is 0. The lowest BCUT2D eigenvalue weighted by molar-refractivity contribution is -0.137. The number of alkyl halides is 3. The molecule has 0 aliphatic rings. The first kappa shape index (κ1) is 14.6. The Morgan fingerprint density at radius 2 is 1.95 bits per heavy atom. The molecule has 0 aliphatic heterocycles. The number of halogens is 4. The van der Waals surface area contributed by atoms with Crippen LogP contribution in [0.2, 0.25) is 0 Å². The van der Waals surface area contributed by atoms with E-state index in [1.54, 1.807) is 17.4 Å². The average molecular weight is 350 g/mol. The van der Waals surface area contributed by atoms with E-state index < -0.39 is 11.7 Å². The van der Waals surface area contributed by atoms with Gasteiger partial charge in [-0.15, -0.1) is 11.3 Å². The van der Waals surface area contributed by atoms with Crippen LogP contribution < -0.4 is 5.32 Å². The third-order valence-electron chi connectivity index (χ3n) is 2.56. The molecule has 1 heterocycles. The van der Waals surface area contributed by atoms with Crippen molar-refractivity contribution in [3.63, 3.8) is 0 Å². The first-order valence-electron chi connectivity index (χ1n) is 5.55. The van der Waals surface area contributed by atoms with Gasteiger partial charge in [0.2, 0.25) is 0 Å². The Hall–Kier alpha value is -0.850. The van der Waals surface area contributed by atoms with Crippen molar-refractivity contribution in [2.24, 2.45) is 0 Å². The molecular weight excluding hydrogens is 339 g/mol. The summed E-state index contributed by atoms with van der Waals surface area (Å²) in [6, 6.07) is 7.33. The van der Waals surface area contributed by atoms with E-state index in [0.717, 1.165) is 15.4 Å². The van der Waals surface area contributed by atoms with E-state index >= 15 is 0 Å². The van der Waals surface area contributed by atoms with E-state index in [1.165, 1.54) is 12.1 Å². The molecule has 0 aliphatic carbocycles. The highest BCUT2D eigenvalue weighted by Crippen LogP contribution is 2.29. The van der Waals surface area contributed by atoms with Gasteiger partial charge >= 0.3 is 6.18 Å². The number of hydrogen-bond acceptors (Lipinski definition) is 2. The Morgan fingerprint density at radius 1 is 1.16 bits per heavy atom. The first-order chi connectivity index (χ1) is 8.97. The van der Waals surface area contributed by atoms with Crippen LogP contribution >= 0.6 is 27.3 Å². The van der Waals surface area contributed by atoms with Crippen molar-refractivity contribution in [2.45, 2.75) is 19.3 Å². The number of nitrogens with one attached hydrogen (secondary N) is 1. The van der Waals surface area contributed by atoms with Crippen LogP contribution in [0, 0.1) is 0 Å². The Morgan fingerprint density at radius 3 is 2.58 bits per heavy atom. The summed E-state index contributed by atoms with van der Waals surface area (Å²) in [6.45, 7) is 1.04. The highest BCUT2D eigenvalue weighted by atomic mass is 79.9. The molecule has 102 valence electrons. The van der Waals surface area contributed by atoms with Gasteiger partial charge in [-0.25, -0.2) is 0 Å². The molecule has 2 rings (SSSR count). The zero-order valence-corrected chi connectivity index (χ0v) is 12.2. The van der Waals surface area contributed by atoms with Crippen LogP contribution in [0.25, 0.3) is 0 Å². The molecule has 2 aromatic rings. The number of thiophene rings is 1. The summed E-state index contributed by atoms with van der Waals surface area (Å²) in [6.07, 6.45) is -4.28. The second-order valence-electron chi connectivity index (χ2n) is 3.99. The van der Waals surface area contributed by atoms with Gasteiger partial charge in [-0.3, -0.25) is 0 Å². The fourth-order valence-corrected chi connectivity index (χ4v) is 3.09. The van der Waals surface area contributed by atoms with Crippen LogP contribution in [0.4, 0.5) is 13.2 Å². The molecule has 6 heteroatoms. The fraction of sp³-hybridized carbons (Fsp3) is 0.231. The quantitative estimate of drug-likeness (QED) is 0.834. The van der Waals surface area contributed by atoms with Gasteiger partial charge in [0.25, 0.3) is 0 Å². The summed E-state index contributed by atoms with van der Waals surface area (Å²) in [5.41, 5.74) is 0.0200. The molecule has 1 aromatic heterocycles. The molecule has 0 unspecified atom stereocenters. The summed E-state index contributed by atoms with van der Waals surface area (Å²) < 4.78 is 38.6. The van der Waals surface area contributed by atoms with Gasteiger partial charge in [0, 0.05) is 22.4 Å². The summed E-state index contributed by atoms with van der Waals surface area (Å²) in [7, 11) is 0. The molecule has 0 atom stereocenters. The average Bonchev–Trinajstić information content (AvgIpc) is 2.75. The molecule has 1 N–H and O–H groups in total. The Kier molecular flexibility index (Phi) is 4.65. The Labute approximate surface area is 121 Å². The van der Waals surface area contributed by atoms with Crippen LogP contribution in [-0.2, 0) is 19.3 Å². The van der Waals surface area contributed by atoms with E-state index in [0.29, 0.717) is 18.7 Å². The van der Waals surface area contributed by atoms with E-state index in [2.05, 4.69) is 21.2 Å². The Bertz CT molecular complexity index is 551. The number of rotatable bonds is 4. The highest BCUT2D eigenvalue weighted by Gasteiger charge is 2.30. The minimum absolute atomic E-state index is 0.411. The highest BCUT2D eigenvalue weighted by molar-refractivity contribution is 9.10. The third-order valence-corrected chi connectivity index (χ3v) is 4.49. The molecule has 0 saturated heterocycles. The van der Waals surface area contributed by atoms with Gasteiger partial charge in [-0.05, 0) is 39.0 Å². The molecule has 1 aromatic carbocycles. The maximum Gasteiger partial charge on any atom is 0.416 e. The topological polar surface area (TPSA) is 12.0 Å². The van der Waals surface area contributed by atoms with Crippen LogP contribution in [0.5, 0.6) is 0 Å². The first-order valence-corrected chi connectivity index (χ1v) is 7.23. The van der Waals surface area contributed by atoms with E-state index in [1.807, 2.05) is 11.4 Å². The van der Waals surface area contributed by atoms with Crippen molar-refractivity contribution < 1.29 is 13.2 Å². The normalized spacial score (nSPS) is 11.8. The minimum Gasteiger partial charge on any atom is -0.308 e. The fourth-order valence-electron chi connectivity index (χ4n) is 1.63. The van der Waals surface area contributed by atoms with Crippen molar-refractivity contribution in [1.82, 2.24) is 5.32 Å². The lowest BCUT2D eigenvalue weighted by atomic mass is 10.1. The number of hydrogen-bond donors (Lipinski definition) is 1. The summed E-state index contributed by atoms with van der Waals surface area (Å²) in [4.78, 5) is 1.13. The van der Waals surface area contributed by atoms with Gasteiger partial charge < -0.3 is 5.32 Å². The van der Waals surface area contributed by atoms with Crippen molar-refractivity contribution in [2.75, 3.05) is 0 Å².